The van der Waals surface area contributed by atoms with Gasteiger partial charge in [-0.15, -0.1) is 0 Å². The molecule has 6 nitrogen and oxygen atoms in total. The van der Waals surface area contributed by atoms with Gasteiger partial charge in [-0.1, -0.05) is 36.4 Å². The van der Waals surface area contributed by atoms with Crippen LogP contribution in [0.4, 0.5) is 5.69 Å². The van der Waals surface area contributed by atoms with Crippen molar-refractivity contribution in [3.05, 3.63) is 77.4 Å². The molecule has 2 heterocycles. The quantitative estimate of drug-likeness (QED) is 0.504. The number of benzene rings is 2. The molecule has 1 fully saturated rings. The van der Waals surface area contributed by atoms with E-state index < -0.39 is 0 Å². The number of piperazine rings is 1. The molecule has 2 unspecified atom stereocenters. The molecule has 1 saturated heterocycles. The van der Waals surface area contributed by atoms with Gasteiger partial charge in [0.2, 0.25) is 11.8 Å². The Morgan fingerprint density at radius 3 is 1.94 bits per heavy atom. The average Bonchev–Trinajstić information content (AvgIpc) is 2.92. The lowest BCUT2D eigenvalue weighted by molar-refractivity contribution is -0.147. The molecule has 2 aromatic rings. The van der Waals surface area contributed by atoms with Crippen molar-refractivity contribution in [3.63, 3.8) is 0 Å². The normalized spacial score (nSPS) is 22.0. The van der Waals surface area contributed by atoms with Crippen molar-refractivity contribution in [2.24, 2.45) is 11.8 Å². The summed E-state index contributed by atoms with van der Waals surface area (Å²) in [6.45, 7) is 5.71. The van der Waals surface area contributed by atoms with Crippen LogP contribution in [0.25, 0.3) is 0 Å². The molecule has 0 bridgehead atoms. The maximum Gasteiger partial charge on any atom is 0.227 e. The third-order valence-electron chi connectivity index (χ3n) is 7.74. The average molecular weight is 472 g/mol. The van der Waals surface area contributed by atoms with Crippen molar-refractivity contribution in [1.29, 1.82) is 0 Å². The lowest BCUT2D eigenvalue weighted by atomic mass is 9.80. The standard InChI is InChI=1S/C29H33N3O3/c1-21(33)22-10-12-25(13-11-22)30-16-18-31(19-17-30)28(34)26-8-4-5-9-27(26)29(35)32-15-14-23-6-2-3-7-24(23)20-32/h2-7,10-13,26-27H,8-9,14-20H2,1H3. The molecule has 2 atom stereocenters. The smallest absolute Gasteiger partial charge is 0.227 e. The largest absolute Gasteiger partial charge is 0.368 e. The fraction of sp³-hybridized carbons (Fsp3) is 0.414. The Balaban J connectivity index is 1.22. The highest BCUT2D eigenvalue weighted by Crippen LogP contribution is 2.31. The van der Waals surface area contributed by atoms with Gasteiger partial charge in [0.1, 0.15) is 0 Å². The third kappa shape index (κ3) is 4.88. The van der Waals surface area contributed by atoms with E-state index in [4.69, 9.17) is 0 Å². The van der Waals surface area contributed by atoms with E-state index in [2.05, 4.69) is 35.3 Å². The number of nitrogens with zero attached hydrogens (tertiary/aromatic N) is 3. The predicted octanol–water partition coefficient (Wildman–Crippen LogP) is 3.71. The second-order valence-electron chi connectivity index (χ2n) is 9.85. The van der Waals surface area contributed by atoms with Crippen LogP contribution in [0, 0.1) is 11.8 Å². The van der Waals surface area contributed by atoms with Gasteiger partial charge in [0.25, 0.3) is 0 Å². The van der Waals surface area contributed by atoms with Crippen molar-refractivity contribution < 1.29 is 14.4 Å². The summed E-state index contributed by atoms with van der Waals surface area (Å²) < 4.78 is 0. The second kappa shape index (κ2) is 10.1. The number of allylic oxidation sites excluding steroid dienone is 2. The molecule has 0 spiro atoms. The monoisotopic (exact) mass is 471 g/mol. The van der Waals surface area contributed by atoms with Crippen LogP contribution in [-0.4, -0.2) is 60.1 Å². The summed E-state index contributed by atoms with van der Waals surface area (Å²) in [4.78, 5) is 44.8. The van der Waals surface area contributed by atoms with E-state index >= 15 is 0 Å². The number of anilines is 1. The van der Waals surface area contributed by atoms with Gasteiger partial charge in [0, 0.05) is 50.5 Å². The van der Waals surface area contributed by atoms with Crippen LogP contribution in [0.5, 0.6) is 0 Å². The van der Waals surface area contributed by atoms with Crippen LogP contribution in [0.1, 0.15) is 41.3 Å². The van der Waals surface area contributed by atoms with Crippen molar-refractivity contribution in [2.45, 2.75) is 32.7 Å². The van der Waals surface area contributed by atoms with E-state index in [0.717, 1.165) is 31.7 Å². The van der Waals surface area contributed by atoms with Crippen LogP contribution in [0.3, 0.4) is 0 Å². The number of amides is 2. The molecule has 2 aromatic carbocycles. The van der Waals surface area contributed by atoms with Gasteiger partial charge < -0.3 is 14.7 Å². The number of Topliss-reactive ketones (excluding diaryl/α,β-unsaturated/α-hetero) is 1. The Hall–Kier alpha value is -3.41. The Morgan fingerprint density at radius 2 is 1.31 bits per heavy atom. The molecule has 0 aromatic heterocycles. The Labute approximate surface area is 207 Å². The zero-order chi connectivity index (χ0) is 24.4. The molecule has 35 heavy (non-hydrogen) atoms. The number of carbonyl (C=O) groups excluding carboxylic acids is 3. The zero-order valence-corrected chi connectivity index (χ0v) is 20.4. The lowest BCUT2D eigenvalue weighted by Crippen LogP contribution is -2.53. The molecular weight excluding hydrogens is 438 g/mol. The van der Waals surface area contributed by atoms with E-state index in [0.29, 0.717) is 38.0 Å². The predicted molar refractivity (Wildman–Crippen MR) is 136 cm³/mol. The zero-order valence-electron chi connectivity index (χ0n) is 20.4. The number of hydrogen-bond acceptors (Lipinski definition) is 4. The number of ketones is 1. The van der Waals surface area contributed by atoms with Crippen LogP contribution in [0.2, 0.25) is 0 Å². The first-order valence-corrected chi connectivity index (χ1v) is 12.7. The summed E-state index contributed by atoms with van der Waals surface area (Å²) in [6, 6.07) is 16.0. The summed E-state index contributed by atoms with van der Waals surface area (Å²) in [7, 11) is 0. The molecule has 3 aliphatic rings. The van der Waals surface area contributed by atoms with Crippen LogP contribution in [0.15, 0.2) is 60.7 Å². The summed E-state index contributed by atoms with van der Waals surface area (Å²) in [5, 5.41) is 0. The molecule has 2 aliphatic heterocycles. The minimum Gasteiger partial charge on any atom is -0.368 e. The maximum atomic E-state index is 13.6. The van der Waals surface area contributed by atoms with Gasteiger partial charge in [-0.3, -0.25) is 14.4 Å². The van der Waals surface area contributed by atoms with Crippen molar-refractivity contribution in [2.75, 3.05) is 37.6 Å². The van der Waals surface area contributed by atoms with Crippen molar-refractivity contribution >= 4 is 23.3 Å². The molecule has 2 amide bonds. The molecular formula is C29H33N3O3. The van der Waals surface area contributed by atoms with E-state index in [1.165, 1.54) is 11.1 Å². The number of carbonyl (C=O) groups is 3. The summed E-state index contributed by atoms with van der Waals surface area (Å²) in [5.41, 5.74) is 4.32. The van der Waals surface area contributed by atoms with Crippen LogP contribution < -0.4 is 4.90 Å². The lowest BCUT2D eigenvalue weighted by Gasteiger charge is -2.40. The van der Waals surface area contributed by atoms with Gasteiger partial charge in [0.05, 0.1) is 11.8 Å². The van der Waals surface area contributed by atoms with E-state index in [-0.39, 0.29) is 29.4 Å². The van der Waals surface area contributed by atoms with Gasteiger partial charge in [-0.05, 0) is 61.6 Å². The van der Waals surface area contributed by atoms with Crippen LogP contribution >= 0.6 is 0 Å². The fourth-order valence-electron chi connectivity index (χ4n) is 5.60. The van der Waals surface area contributed by atoms with E-state index in [1.54, 1.807) is 6.92 Å². The number of fused-ring (bicyclic) bond motifs is 1. The highest BCUT2D eigenvalue weighted by Gasteiger charge is 2.39. The Morgan fingerprint density at radius 1 is 0.714 bits per heavy atom. The molecule has 182 valence electrons. The Bertz CT molecular complexity index is 1130. The highest BCUT2D eigenvalue weighted by atomic mass is 16.2. The first-order valence-electron chi connectivity index (χ1n) is 12.7. The number of rotatable bonds is 4. The summed E-state index contributed by atoms with van der Waals surface area (Å²) in [5.74, 6) is -0.282. The van der Waals surface area contributed by atoms with E-state index in [1.807, 2.05) is 40.1 Å². The minimum atomic E-state index is -0.286. The van der Waals surface area contributed by atoms with Crippen molar-refractivity contribution in [3.8, 4) is 0 Å². The fourth-order valence-corrected chi connectivity index (χ4v) is 5.60. The SMILES string of the molecule is CC(=O)c1ccc(N2CCN(C(=O)C3CC=CCC3C(=O)N3CCc4ccccc4C3)CC2)cc1. The van der Waals surface area contributed by atoms with Gasteiger partial charge >= 0.3 is 0 Å². The highest BCUT2D eigenvalue weighted by molar-refractivity contribution is 5.94. The summed E-state index contributed by atoms with van der Waals surface area (Å²) in [6.07, 6.45) is 6.26. The first-order chi connectivity index (χ1) is 17.0. The molecule has 0 saturated carbocycles. The second-order valence-corrected chi connectivity index (χ2v) is 9.85. The molecule has 1 aliphatic carbocycles. The molecule has 0 radical (unpaired) electrons. The minimum absolute atomic E-state index is 0.0614. The third-order valence-corrected chi connectivity index (χ3v) is 7.74. The maximum absolute atomic E-state index is 13.6. The van der Waals surface area contributed by atoms with Gasteiger partial charge in [0.15, 0.2) is 5.78 Å². The topological polar surface area (TPSA) is 60.9 Å². The first kappa shape index (κ1) is 23.3. The Kier molecular flexibility index (Phi) is 6.71. The van der Waals surface area contributed by atoms with E-state index in [9.17, 15) is 14.4 Å². The van der Waals surface area contributed by atoms with Gasteiger partial charge in [-0.25, -0.2) is 0 Å². The van der Waals surface area contributed by atoms with Crippen LogP contribution in [-0.2, 0) is 22.6 Å². The molecule has 0 N–H and O–H groups in total. The number of hydrogen-bond donors (Lipinski definition) is 0. The summed E-state index contributed by atoms with van der Waals surface area (Å²) >= 11 is 0. The van der Waals surface area contributed by atoms with Crippen molar-refractivity contribution in [1.82, 2.24) is 9.80 Å². The molecule has 5 rings (SSSR count). The molecule has 6 heteroatoms. The van der Waals surface area contributed by atoms with Gasteiger partial charge in [-0.2, -0.15) is 0 Å².